The Bertz CT molecular complexity index is 616. The molecule has 0 saturated heterocycles. The Kier molecular flexibility index (Phi) is 4.68. The van der Waals surface area contributed by atoms with Crippen molar-refractivity contribution < 1.29 is 13.2 Å². The minimum absolute atomic E-state index is 0.0592. The fourth-order valence-electron chi connectivity index (χ4n) is 1.93. The maximum absolute atomic E-state index is 13.1. The Morgan fingerprint density at radius 3 is 2.30 bits per heavy atom. The van der Waals surface area contributed by atoms with E-state index in [1.807, 2.05) is 0 Å². The summed E-state index contributed by atoms with van der Waals surface area (Å²) < 4.78 is 39.0. The van der Waals surface area contributed by atoms with Gasteiger partial charge in [-0.15, -0.1) is 0 Å². The van der Waals surface area contributed by atoms with Gasteiger partial charge in [-0.1, -0.05) is 23.7 Å². The fourth-order valence-corrected chi connectivity index (χ4v) is 2.13. The molecule has 106 valence electrons. The molecule has 5 heteroatoms. The van der Waals surface area contributed by atoms with Crippen LogP contribution in [0.5, 0.6) is 0 Å². The van der Waals surface area contributed by atoms with Crippen molar-refractivity contribution in [1.29, 1.82) is 0 Å². The number of aryl methyl sites for hydroxylation is 1. The summed E-state index contributed by atoms with van der Waals surface area (Å²) in [5, 5.41) is 0.0592. The van der Waals surface area contributed by atoms with Crippen LogP contribution in [0.3, 0.4) is 0 Å². The van der Waals surface area contributed by atoms with E-state index in [0.717, 1.165) is 17.7 Å². The van der Waals surface area contributed by atoms with Crippen LogP contribution in [-0.2, 0) is 6.42 Å². The minimum Gasteiger partial charge on any atom is -0.324 e. The van der Waals surface area contributed by atoms with Gasteiger partial charge >= 0.3 is 0 Å². The Balaban J connectivity index is 2.02. The summed E-state index contributed by atoms with van der Waals surface area (Å²) in [6, 6.07) is 7.64. The molecule has 2 N–H and O–H groups in total. The highest BCUT2D eigenvalue weighted by Gasteiger charge is 2.10. The molecule has 2 aromatic carbocycles. The molecule has 0 spiro atoms. The quantitative estimate of drug-likeness (QED) is 0.890. The molecule has 0 aliphatic rings. The minimum atomic E-state index is -0.914. The first kappa shape index (κ1) is 14.9. The van der Waals surface area contributed by atoms with Gasteiger partial charge in [0.05, 0.1) is 5.02 Å². The molecule has 0 radical (unpaired) electrons. The van der Waals surface area contributed by atoms with Crippen LogP contribution in [0.4, 0.5) is 13.2 Å². The van der Waals surface area contributed by atoms with Crippen LogP contribution in [0.2, 0.25) is 5.02 Å². The first-order valence-electron chi connectivity index (χ1n) is 6.12. The standard InChI is InChI=1S/C15H13ClF3N/c16-11-7-9(1-4-12(11)17)2-6-15(20)10-3-5-13(18)14(19)8-10/h1,3-5,7-8,15H,2,6,20H2. The van der Waals surface area contributed by atoms with Crippen LogP contribution in [0.15, 0.2) is 36.4 Å². The van der Waals surface area contributed by atoms with Crippen LogP contribution < -0.4 is 5.73 Å². The van der Waals surface area contributed by atoms with Crippen LogP contribution in [0.25, 0.3) is 0 Å². The topological polar surface area (TPSA) is 26.0 Å². The molecule has 0 amide bonds. The number of nitrogens with two attached hydrogens (primary N) is 1. The molecule has 0 heterocycles. The molecule has 0 aromatic heterocycles. The smallest absolute Gasteiger partial charge is 0.159 e. The normalized spacial score (nSPS) is 12.4. The van der Waals surface area contributed by atoms with Crippen LogP contribution in [0, 0.1) is 17.5 Å². The Hall–Kier alpha value is -1.52. The zero-order valence-corrected chi connectivity index (χ0v) is 11.3. The van der Waals surface area contributed by atoms with Gasteiger partial charge in [0.15, 0.2) is 11.6 Å². The van der Waals surface area contributed by atoms with Gasteiger partial charge in [0.2, 0.25) is 0 Å². The second-order valence-electron chi connectivity index (χ2n) is 4.57. The fraction of sp³-hybridized carbons (Fsp3) is 0.200. The predicted octanol–water partition coefficient (Wildman–Crippen LogP) is 4.39. The van der Waals surface area contributed by atoms with Crippen molar-refractivity contribution >= 4 is 11.6 Å². The summed E-state index contributed by atoms with van der Waals surface area (Å²) in [5.41, 5.74) is 7.30. The second-order valence-corrected chi connectivity index (χ2v) is 4.97. The lowest BCUT2D eigenvalue weighted by Crippen LogP contribution is -2.12. The number of hydrogen-bond donors (Lipinski definition) is 1. The molecule has 20 heavy (non-hydrogen) atoms. The Morgan fingerprint density at radius 1 is 0.950 bits per heavy atom. The lowest BCUT2D eigenvalue weighted by atomic mass is 9.99. The molecular weight excluding hydrogens is 287 g/mol. The van der Waals surface area contributed by atoms with E-state index in [1.54, 1.807) is 6.07 Å². The van der Waals surface area contributed by atoms with Gasteiger partial charge in [0.25, 0.3) is 0 Å². The van der Waals surface area contributed by atoms with Gasteiger partial charge in [-0.3, -0.25) is 0 Å². The van der Waals surface area contributed by atoms with Gasteiger partial charge in [-0.05, 0) is 48.2 Å². The van der Waals surface area contributed by atoms with Crippen molar-refractivity contribution in [2.24, 2.45) is 5.73 Å². The second kappa shape index (κ2) is 6.29. The van der Waals surface area contributed by atoms with E-state index in [2.05, 4.69) is 0 Å². The Labute approximate surface area is 120 Å². The average Bonchev–Trinajstić information content (AvgIpc) is 2.43. The van der Waals surface area contributed by atoms with Crippen molar-refractivity contribution in [2.45, 2.75) is 18.9 Å². The van der Waals surface area contributed by atoms with E-state index in [-0.39, 0.29) is 5.02 Å². The van der Waals surface area contributed by atoms with Crippen LogP contribution in [0.1, 0.15) is 23.6 Å². The summed E-state index contributed by atoms with van der Waals surface area (Å²) in [6.07, 6.45) is 1.09. The molecule has 0 aliphatic heterocycles. The maximum atomic E-state index is 13.1. The van der Waals surface area contributed by atoms with Crippen molar-refractivity contribution in [2.75, 3.05) is 0 Å². The SMILES string of the molecule is NC(CCc1ccc(F)c(Cl)c1)c1ccc(F)c(F)c1. The van der Waals surface area contributed by atoms with E-state index in [0.29, 0.717) is 18.4 Å². The zero-order valence-electron chi connectivity index (χ0n) is 10.5. The summed E-state index contributed by atoms with van der Waals surface area (Å²) >= 11 is 5.69. The number of rotatable bonds is 4. The van der Waals surface area contributed by atoms with Crippen molar-refractivity contribution in [1.82, 2.24) is 0 Å². The van der Waals surface area contributed by atoms with Crippen molar-refractivity contribution in [3.63, 3.8) is 0 Å². The first-order valence-corrected chi connectivity index (χ1v) is 6.49. The Morgan fingerprint density at radius 2 is 1.65 bits per heavy atom. The van der Waals surface area contributed by atoms with Gasteiger partial charge in [-0.2, -0.15) is 0 Å². The van der Waals surface area contributed by atoms with Crippen molar-refractivity contribution in [3.8, 4) is 0 Å². The average molecular weight is 300 g/mol. The largest absolute Gasteiger partial charge is 0.324 e. The third-order valence-electron chi connectivity index (χ3n) is 3.10. The molecule has 0 fully saturated rings. The first-order chi connectivity index (χ1) is 9.47. The summed E-state index contributed by atoms with van der Waals surface area (Å²) in [5.74, 6) is -2.28. The lowest BCUT2D eigenvalue weighted by molar-refractivity contribution is 0.504. The molecule has 2 aromatic rings. The monoisotopic (exact) mass is 299 g/mol. The highest BCUT2D eigenvalue weighted by atomic mass is 35.5. The molecule has 1 nitrogen and oxygen atoms in total. The number of hydrogen-bond acceptors (Lipinski definition) is 1. The highest BCUT2D eigenvalue weighted by Crippen LogP contribution is 2.21. The van der Waals surface area contributed by atoms with E-state index in [1.165, 1.54) is 18.2 Å². The van der Waals surface area contributed by atoms with Crippen LogP contribution in [-0.4, -0.2) is 0 Å². The molecular formula is C15H13ClF3N. The molecule has 1 atom stereocenters. The van der Waals surface area contributed by atoms with Gasteiger partial charge < -0.3 is 5.73 Å². The maximum Gasteiger partial charge on any atom is 0.159 e. The van der Waals surface area contributed by atoms with Gasteiger partial charge in [0.1, 0.15) is 5.82 Å². The van der Waals surface area contributed by atoms with Gasteiger partial charge in [-0.25, -0.2) is 13.2 Å². The van der Waals surface area contributed by atoms with Gasteiger partial charge in [0, 0.05) is 6.04 Å². The number of benzene rings is 2. The van der Waals surface area contributed by atoms with E-state index in [4.69, 9.17) is 17.3 Å². The molecule has 0 bridgehead atoms. The van der Waals surface area contributed by atoms with Crippen molar-refractivity contribution in [3.05, 3.63) is 70.0 Å². The van der Waals surface area contributed by atoms with Crippen LogP contribution >= 0.6 is 11.6 Å². The lowest BCUT2D eigenvalue weighted by Gasteiger charge is -2.12. The molecule has 0 aliphatic carbocycles. The summed E-state index contributed by atoms with van der Waals surface area (Å²) in [7, 11) is 0. The summed E-state index contributed by atoms with van der Waals surface area (Å²) in [4.78, 5) is 0. The summed E-state index contributed by atoms with van der Waals surface area (Å²) in [6.45, 7) is 0. The van der Waals surface area contributed by atoms with E-state index in [9.17, 15) is 13.2 Å². The zero-order chi connectivity index (χ0) is 14.7. The molecule has 1 unspecified atom stereocenters. The predicted molar refractivity (Wildman–Crippen MR) is 73.0 cm³/mol. The highest BCUT2D eigenvalue weighted by molar-refractivity contribution is 6.30. The van der Waals surface area contributed by atoms with E-state index >= 15 is 0 Å². The third kappa shape index (κ3) is 3.52. The van der Waals surface area contributed by atoms with E-state index < -0.39 is 23.5 Å². The molecule has 2 rings (SSSR count). The number of halogens is 4. The third-order valence-corrected chi connectivity index (χ3v) is 3.39. The molecule has 0 saturated carbocycles.